The van der Waals surface area contributed by atoms with Gasteiger partial charge in [-0.15, -0.1) is 0 Å². The first kappa shape index (κ1) is 19.3. The Hall–Kier alpha value is -2.47. The summed E-state index contributed by atoms with van der Waals surface area (Å²) in [5.74, 6) is -1.18. The molecule has 0 saturated carbocycles. The molecule has 1 saturated heterocycles. The van der Waals surface area contributed by atoms with E-state index in [4.69, 9.17) is 4.74 Å². The van der Waals surface area contributed by atoms with Crippen LogP contribution in [0, 0.1) is 11.6 Å². The van der Waals surface area contributed by atoms with Gasteiger partial charge >= 0.3 is 6.09 Å². The third-order valence-corrected chi connectivity index (χ3v) is 4.67. The predicted octanol–water partition coefficient (Wildman–Crippen LogP) is 4.20. The molecule has 6 heteroatoms. The van der Waals surface area contributed by atoms with Gasteiger partial charge in [0.1, 0.15) is 17.7 Å². The Bertz CT molecular complexity index is 750. The van der Waals surface area contributed by atoms with Crippen LogP contribution in [0.1, 0.15) is 24.5 Å². The molecule has 1 amide bonds. The van der Waals surface area contributed by atoms with Gasteiger partial charge in [0.05, 0.1) is 0 Å². The Labute approximate surface area is 158 Å². The molecule has 3 rings (SSSR count). The number of hydrogen-bond donors (Lipinski definition) is 0. The van der Waals surface area contributed by atoms with Gasteiger partial charge in [-0.2, -0.15) is 0 Å². The van der Waals surface area contributed by atoms with Gasteiger partial charge in [-0.3, -0.25) is 4.90 Å². The molecule has 0 unspecified atom stereocenters. The summed E-state index contributed by atoms with van der Waals surface area (Å²) in [5.41, 5.74) is 1.65. The highest BCUT2D eigenvalue weighted by Crippen LogP contribution is 2.18. The molecule has 0 aliphatic carbocycles. The zero-order valence-electron chi connectivity index (χ0n) is 15.4. The van der Waals surface area contributed by atoms with Crippen LogP contribution in [0.5, 0.6) is 0 Å². The van der Waals surface area contributed by atoms with E-state index in [-0.39, 0.29) is 12.2 Å². The van der Waals surface area contributed by atoms with Crippen molar-refractivity contribution in [1.82, 2.24) is 9.80 Å². The third-order valence-electron chi connectivity index (χ3n) is 4.67. The topological polar surface area (TPSA) is 32.8 Å². The van der Waals surface area contributed by atoms with Crippen molar-refractivity contribution in [3.63, 3.8) is 0 Å². The summed E-state index contributed by atoms with van der Waals surface area (Å²) in [6.45, 7) is 4.69. The van der Waals surface area contributed by atoms with Gasteiger partial charge in [0, 0.05) is 45.2 Å². The number of rotatable bonds is 7. The maximum Gasteiger partial charge on any atom is 0.410 e. The lowest BCUT2D eigenvalue weighted by atomic mass is 10.1. The third kappa shape index (κ3) is 5.50. The number of cyclic esters (lactones) is 1. The van der Waals surface area contributed by atoms with Gasteiger partial charge < -0.3 is 9.64 Å². The van der Waals surface area contributed by atoms with Crippen LogP contribution in [0.2, 0.25) is 0 Å². The lowest BCUT2D eigenvalue weighted by Gasteiger charge is -2.34. The maximum absolute atomic E-state index is 13.6. The average Bonchev–Trinajstić information content (AvgIpc) is 2.62. The first-order valence-electron chi connectivity index (χ1n) is 9.20. The minimum Gasteiger partial charge on any atom is -0.445 e. The van der Waals surface area contributed by atoms with E-state index in [0.717, 1.165) is 18.1 Å². The van der Waals surface area contributed by atoms with Crippen molar-refractivity contribution >= 4 is 6.09 Å². The molecular weight excluding hydrogens is 350 g/mol. The van der Waals surface area contributed by atoms with Crippen LogP contribution in [-0.4, -0.2) is 41.6 Å². The number of halogens is 2. The molecule has 1 aliphatic heterocycles. The largest absolute Gasteiger partial charge is 0.445 e. The molecule has 1 atom stereocenters. The highest BCUT2D eigenvalue weighted by molar-refractivity contribution is 5.68. The molecule has 0 aromatic heterocycles. The quantitative estimate of drug-likeness (QED) is 0.728. The highest BCUT2D eigenvalue weighted by atomic mass is 19.1. The molecule has 1 fully saturated rings. The average molecular weight is 374 g/mol. The molecular formula is C21H24F2N2O2. The van der Waals surface area contributed by atoms with Gasteiger partial charge in [-0.1, -0.05) is 30.3 Å². The molecule has 4 nitrogen and oxygen atoms in total. The fourth-order valence-electron chi connectivity index (χ4n) is 3.36. The van der Waals surface area contributed by atoms with Crippen LogP contribution in [0.3, 0.4) is 0 Å². The molecule has 2 aromatic carbocycles. The first-order chi connectivity index (χ1) is 13.0. The standard InChI is InChI=1S/C21H24F2N2O2/c1-2-25-9-8-20(27-21(25)26)15-24(13-16-6-4-3-5-7-16)14-17-10-18(22)12-19(23)11-17/h3-7,10-12,20H,2,8-9,13-15H2,1H3/t20-/m0/s1. The van der Waals surface area contributed by atoms with Crippen molar-refractivity contribution in [2.75, 3.05) is 19.6 Å². The molecule has 2 aromatic rings. The summed E-state index contributed by atoms with van der Waals surface area (Å²) < 4.78 is 32.7. The number of benzene rings is 2. The van der Waals surface area contributed by atoms with Crippen LogP contribution in [-0.2, 0) is 17.8 Å². The minimum atomic E-state index is -0.590. The van der Waals surface area contributed by atoms with E-state index >= 15 is 0 Å². The molecule has 144 valence electrons. The zero-order chi connectivity index (χ0) is 19.2. The first-order valence-corrected chi connectivity index (χ1v) is 9.20. The molecule has 0 radical (unpaired) electrons. The van der Waals surface area contributed by atoms with E-state index < -0.39 is 11.6 Å². The second-order valence-electron chi connectivity index (χ2n) is 6.81. The molecule has 1 heterocycles. The van der Waals surface area contributed by atoms with E-state index in [1.54, 1.807) is 4.90 Å². The van der Waals surface area contributed by atoms with Gasteiger partial charge in [0.25, 0.3) is 0 Å². The zero-order valence-corrected chi connectivity index (χ0v) is 15.4. The van der Waals surface area contributed by atoms with Crippen LogP contribution < -0.4 is 0 Å². The van der Waals surface area contributed by atoms with Crippen molar-refractivity contribution in [2.45, 2.75) is 32.5 Å². The SMILES string of the molecule is CCN1CC[C@@H](CN(Cc2ccccc2)Cc2cc(F)cc(F)c2)OC1=O. The lowest BCUT2D eigenvalue weighted by molar-refractivity contribution is 0.00721. The monoisotopic (exact) mass is 374 g/mol. The molecule has 1 aliphatic rings. The summed E-state index contributed by atoms with van der Waals surface area (Å²) in [4.78, 5) is 15.7. The minimum absolute atomic E-state index is 0.234. The summed E-state index contributed by atoms with van der Waals surface area (Å²) in [6.07, 6.45) is 0.204. The van der Waals surface area contributed by atoms with Gasteiger partial charge in [0.2, 0.25) is 0 Å². The second-order valence-corrected chi connectivity index (χ2v) is 6.81. The Morgan fingerprint density at radius 2 is 1.74 bits per heavy atom. The number of hydrogen-bond acceptors (Lipinski definition) is 3. The Morgan fingerprint density at radius 3 is 2.37 bits per heavy atom. The van der Waals surface area contributed by atoms with Crippen molar-refractivity contribution in [1.29, 1.82) is 0 Å². The predicted molar refractivity (Wildman–Crippen MR) is 99.0 cm³/mol. The van der Waals surface area contributed by atoms with Crippen molar-refractivity contribution in [3.05, 3.63) is 71.3 Å². The molecule has 0 bridgehead atoms. The van der Waals surface area contributed by atoms with Crippen molar-refractivity contribution in [3.8, 4) is 0 Å². The van der Waals surface area contributed by atoms with E-state index in [1.807, 2.05) is 37.3 Å². The summed E-state index contributed by atoms with van der Waals surface area (Å²) in [5, 5.41) is 0. The smallest absolute Gasteiger partial charge is 0.410 e. The normalized spacial score (nSPS) is 17.3. The summed E-state index contributed by atoms with van der Waals surface area (Å²) in [6, 6.07) is 13.4. The van der Waals surface area contributed by atoms with Gasteiger partial charge in [0.15, 0.2) is 0 Å². The van der Waals surface area contributed by atoms with E-state index in [9.17, 15) is 13.6 Å². The fraction of sp³-hybridized carbons (Fsp3) is 0.381. The molecule has 27 heavy (non-hydrogen) atoms. The number of amides is 1. The lowest BCUT2D eigenvalue weighted by Crippen LogP contribution is -2.45. The van der Waals surface area contributed by atoms with E-state index in [1.165, 1.54) is 12.1 Å². The number of carbonyl (C=O) groups excluding carboxylic acids is 1. The molecule has 0 spiro atoms. The van der Waals surface area contributed by atoms with Gasteiger partial charge in [-0.25, -0.2) is 13.6 Å². The Morgan fingerprint density at radius 1 is 1.07 bits per heavy atom. The summed E-state index contributed by atoms with van der Waals surface area (Å²) >= 11 is 0. The van der Waals surface area contributed by atoms with Crippen molar-refractivity contribution in [2.24, 2.45) is 0 Å². The fourth-order valence-corrected chi connectivity index (χ4v) is 3.36. The number of ether oxygens (including phenoxy) is 1. The van der Waals surface area contributed by atoms with Gasteiger partial charge in [-0.05, 0) is 30.2 Å². The molecule has 0 N–H and O–H groups in total. The Balaban J connectivity index is 1.72. The van der Waals surface area contributed by atoms with Crippen LogP contribution in [0.4, 0.5) is 13.6 Å². The van der Waals surface area contributed by atoms with Crippen LogP contribution >= 0.6 is 0 Å². The second kappa shape index (κ2) is 8.95. The van der Waals surface area contributed by atoms with Crippen LogP contribution in [0.15, 0.2) is 48.5 Å². The maximum atomic E-state index is 13.6. The number of nitrogens with zero attached hydrogens (tertiary/aromatic N) is 2. The number of carbonyl (C=O) groups is 1. The van der Waals surface area contributed by atoms with Crippen molar-refractivity contribution < 1.29 is 18.3 Å². The highest BCUT2D eigenvalue weighted by Gasteiger charge is 2.27. The Kier molecular flexibility index (Phi) is 6.40. The van der Waals surface area contributed by atoms with E-state index in [2.05, 4.69) is 4.90 Å². The summed E-state index contributed by atoms with van der Waals surface area (Å²) in [7, 11) is 0. The van der Waals surface area contributed by atoms with E-state index in [0.29, 0.717) is 38.3 Å². The van der Waals surface area contributed by atoms with Crippen LogP contribution in [0.25, 0.3) is 0 Å².